The number of nitrogens with one attached hydrogen (secondary N) is 1. The standard InChI is InChI=1S/C22H22N6O/c1-27-20-6-5-17(13-18(20)15-24-27)16-3-2-4-19(14-16)25-21-7-8-23-22(26-21)28-9-11-29-12-10-28/h2-8,13-15H,9-12H2,1H3,(H,23,25,26). The highest BCUT2D eigenvalue weighted by Gasteiger charge is 2.14. The molecule has 1 fully saturated rings. The molecular formula is C22H22N6O. The number of ether oxygens (including phenoxy) is 1. The quantitative estimate of drug-likeness (QED) is 0.578. The lowest BCUT2D eigenvalue weighted by molar-refractivity contribution is 0.122. The first-order valence-corrected chi connectivity index (χ1v) is 9.71. The van der Waals surface area contributed by atoms with Crippen molar-refractivity contribution in [3.8, 4) is 11.1 Å². The second kappa shape index (κ2) is 7.52. The van der Waals surface area contributed by atoms with Crippen LogP contribution in [0.25, 0.3) is 22.0 Å². The lowest BCUT2D eigenvalue weighted by Gasteiger charge is -2.26. The van der Waals surface area contributed by atoms with Crippen LogP contribution in [0, 0.1) is 0 Å². The van der Waals surface area contributed by atoms with E-state index in [1.165, 1.54) is 0 Å². The SMILES string of the molecule is Cn1ncc2cc(-c3cccc(Nc4ccnc(N5CCOCC5)n4)c3)ccc21. The molecule has 0 spiro atoms. The molecule has 7 nitrogen and oxygen atoms in total. The number of aromatic nitrogens is 4. The molecule has 2 aromatic carbocycles. The van der Waals surface area contributed by atoms with Crippen LogP contribution in [-0.2, 0) is 11.8 Å². The number of benzene rings is 2. The zero-order valence-corrected chi connectivity index (χ0v) is 16.2. The van der Waals surface area contributed by atoms with Crippen molar-refractivity contribution in [2.24, 2.45) is 7.05 Å². The topological polar surface area (TPSA) is 68.1 Å². The van der Waals surface area contributed by atoms with Crippen molar-refractivity contribution in [2.45, 2.75) is 0 Å². The highest BCUT2D eigenvalue weighted by atomic mass is 16.5. The van der Waals surface area contributed by atoms with E-state index in [2.05, 4.69) is 61.7 Å². The molecule has 146 valence electrons. The van der Waals surface area contributed by atoms with E-state index in [-0.39, 0.29) is 0 Å². The maximum Gasteiger partial charge on any atom is 0.227 e. The normalized spacial score (nSPS) is 14.3. The predicted molar refractivity (Wildman–Crippen MR) is 114 cm³/mol. The van der Waals surface area contributed by atoms with Crippen LogP contribution in [0.3, 0.4) is 0 Å². The fourth-order valence-electron chi connectivity index (χ4n) is 3.60. The maximum atomic E-state index is 5.41. The molecule has 2 aromatic heterocycles. The Hall–Kier alpha value is -3.45. The first kappa shape index (κ1) is 17.6. The third kappa shape index (κ3) is 3.64. The minimum Gasteiger partial charge on any atom is -0.378 e. The fourth-order valence-corrected chi connectivity index (χ4v) is 3.60. The van der Waals surface area contributed by atoms with E-state index in [1.807, 2.05) is 30.1 Å². The van der Waals surface area contributed by atoms with Gasteiger partial charge < -0.3 is 15.0 Å². The number of aryl methyl sites for hydroxylation is 1. The lowest BCUT2D eigenvalue weighted by atomic mass is 10.0. The van der Waals surface area contributed by atoms with Crippen molar-refractivity contribution >= 4 is 28.4 Å². The minimum absolute atomic E-state index is 0.713. The van der Waals surface area contributed by atoms with E-state index in [1.54, 1.807) is 6.20 Å². The molecule has 1 saturated heterocycles. The molecule has 0 radical (unpaired) electrons. The monoisotopic (exact) mass is 386 g/mol. The van der Waals surface area contributed by atoms with E-state index < -0.39 is 0 Å². The summed E-state index contributed by atoms with van der Waals surface area (Å²) in [6, 6.07) is 16.6. The van der Waals surface area contributed by atoms with Crippen LogP contribution in [0.2, 0.25) is 0 Å². The van der Waals surface area contributed by atoms with E-state index >= 15 is 0 Å². The summed E-state index contributed by atoms with van der Waals surface area (Å²) in [5, 5.41) is 8.87. The molecule has 5 rings (SSSR count). The van der Waals surface area contributed by atoms with Gasteiger partial charge in [0, 0.05) is 37.4 Å². The Morgan fingerprint density at radius 1 is 1.00 bits per heavy atom. The molecule has 3 heterocycles. The number of rotatable bonds is 4. The summed E-state index contributed by atoms with van der Waals surface area (Å²) in [5.74, 6) is 1.51. The Morgan fingerprint density at radius 3 is 2.76 bits per heavy atom. The molecule has 0 aliphatic carbocycles. The largest absolute Gasteiger partial charge is 0.378 e. The van der Waals surface area contributed by atoms with Crippen LogP contribution in [0.4, 0.5) is 17.5 Å². The highest BCUT2D eigenvalue weighted by Crippen LogP contribution is 2.27. The van der Waals surface area contributed by atoms with Gasteiger partial charge >= 0.3 is 0 Å². The Kier molecular flexibility index (Phi) is 4.57. The number of hydrogen-bond donors (Lipinski definition) is 1. The maximum absolute atomic E-state index is 5.41. The van der Waals surface area contributed by atoms with Gasteiger partial charge in [-0.1, -0.05) is 18.2 Å². The van der Waals surface area contributed by atoms with Crippen molar-refractivity contribution in [3.63, 3.8) is 0 Å². The Bertz CT molecular complexity index is 1150. The van der Waals surface area contributed by atoms with Gasteiger partial charge in [-0.3, -0.25) is 4.68 Å². The molecule has 1 aliphatic rings. The highest BCUT2D eigenvalue weighted by molar-refractivity contribution is 5.85. The first-order valence-electron chi connectivity index (χ1n) is 9.71. The average Bonchev–Trinajstić information content (AvgIpc) is 3.15. The van der Waals surface area contributed by atoms with E-state index in [0.29, 0.717) is 13.2 Å². The predicted octanol–water partition coefficient (Wildman–Crippen LogP) is 3.61. The van der Waals surface area contributed by atoms with Crippen molar-refractivity contribution in [1.29, 1.82) is 0 Å². The molecule has 7 heteroatoms. The third-order valence-electron chi connectivity index (χ3n) is 5.15. The van der Waals surface area contributed by atoms with Gasteiger partial charge in [0.05, 0.1) is 24.9 Å². The van der Waals surface area contributed by atoms with Gasteiger partial charge in [0.2, 0.25) is 5.95 Å². The second-order valence-corrected chi connectivity index (χ2v) is 7.09. The van der Waals surface area contributed by atoms with Gasteiger partial charge in [-0.15, -0.1) is 0 Å². The van der Waals surface area contributed by atoms with Crippen LogP contribution in [0.15, 0.2) is 60.9 Å². The number of hydrogen-bond acceptors (Lipinski definition) is 6. The Balaban J connectivity index is 1.39. The molecule has 4 aromatic rings. The van der Waals surface area contributed by atoms with Gasteiger partial charge in [0.25, 0.3) is 0 Å². The van der Waals surface area contributed by atoms with Crippen molar-refractivity contribution in [1.82, 2.24) is 19.7 Å². The second-order valence-electron chi connectivity index (χ2n) is 7.09. The first-order chi connectivity index (χ1) is 14.3. The van der Waals surface area contributed by atoms with Crippen LogP contribution < -0.4 is 10.2 Å². The Labute approximate surface area is 169 Å². The van der Waals surface area contributed by atoms with Crippen LogP contribution >= 0.6 is 0 Å². The summed E-state index contributed by atoms with van der Waals surface area (Å²) in [7, 11) is 1.96. The van der Waals surface area contributed by atoms with E-state index in [9.17, 15) is 0 Å². The molecule has 29 heavy (non-hydrogen) atoms. The summed E-state index contributed by atoms with van der Waals surface area (Å²) in [6.45, 7) is 3.06. The summed E-state index contributed by atoms with van der Waals surface area (Å²) < 4.78 is 7.30. The smallest absolute Gasteiger partial charge is 0.227 e. The molecular weight excluding hydrogens is 364 g/mol. The number of nitrogens with zero attached hydrogens (tertiary/aromatic N) is 5. The zero-order valence-electron chi connectivity index (χ0n) is 16.2. The molecule has 0 amide bonds. The van der Waals surface area contributed by atoms with Crippen LogP contribution in [0.5, 0.6) is 0 Å². The fraction of sp³-hybridized carbons (Fsp3) is 0.227. The lowest BCUT2D eigenvalue weighted by Crippen LogP contribution is -2.37. The Morgan fingerprint density at radius 2 is 1.86 bits per heavy atom. The molecule has 0 saturated carbocycles. The summed E-state index contributed by atoms with van der Waals surface area (Å²) in [5.41, 5.74) is 4.41. The van der Waals surface area contributed by atoms with E-state index in [4.69, 9.17) is 4.74 Å². The molecule has 0 bridgehead atoms. The van der Waals surface area contributed by atoms with Crippen molar-refractivity contribution < 1.29 is 4.74 Å². The zero-order chi connectivity index (χ0) is 19.6. The molecule has 1 N–H and O–H groups in total. The number of fused-ring (bicyclic) bond motifs is 1. The summed E-state index contributed by atoms with van der Waals surface area (Å²) in [4.78, 5) is 11.2. The van der Waals surface area contributed by atoms with Crippen LogP contribution in [0.1, 0.15) is 0 Å². The third-order valence-corrected chi connectivity index (χ3v) is 5.15. The van der Waals surface area contributed by atoms with E-state index in [0.717, 1.165) is 52.6 Å². The van der Waals surface area contributed by atoms with Gasteiger partial charge in [-0.25, -0.2) is 4.98 Å². The molecule has 0 atom stereocenters. The van der Waals surface area contributed by atoms with Crippen LogP contribution in [-0.4, -0.2) is 46.1 Å². The molecule has 0 unspecified atom stereocenters. The van der Waals surface area contributed by atoms with Crippen molar-refractivity contribution in [3.05, 3.63) is 60.9 Å². The summed E-state index contributed by atoms with van der Waals surface area (Å²) >= 11 is 0. The minimum atomic E-state index is 0.713. The van der Waals surface area contributed by atoms with Gasteiger partial charge in [-0.2, -0.15) is 10.1 Å². The number of morpholine rings is 1. The van der Waals surface area contributed by atoms with Crippen molar-refractivity contribution in [2.75, 3.05) is 36.5 Å². The van der Waals surface area contributed by atoms with Gasteiger partial charge in [0.15, 0.2) is 0 Å². The molecule has 1 aliphatic heterocycles. The average molecular weight is 386 g/mol. The van der Waals surface area contributed by atoms with Gasteiger partial charge in [-0.05, 0) is 41.5 Å². The summed E-state index contributed by atoms with van der Waals surface area (Å²) in [6.07, 6.45) is 3.69. The number of anilines is 3. The van der Waals surface area contributed by atoms with Gasteiger partial charge in [0.1, 0.15) is 5.82 Å².